The fraction of sp³-hybridized carbons (Fsp3) is 0.857. The lowest BCUT2D eigenvalue weighted by Gasteiger charge is -2.14. The van der Waals surface area contributed by atoms with Gasteiger partial charge in [-0.1, -0.05) is 0 Å². The highest BCUT2D eigenvalue weighted by Crippen LogP contribution is 2.14. The van der Waals surface area contributed by atoms with E-state index in [-0.39, 0.29) is 6.42 Å². The van der Waals surface area contributed by atoms with Crippen molar-refractivity contribution in [1.29, 1.82) is 0 Å². The number of rotatable bonds is 4. The molecule has 1 N–H and O–H groups in total. The van der Waals surface area contributed by atoms with E-state index in [1.807, 2.05) is 0 Å². The van der Waals surface area contributed by atoms with Crippen molar-refractivity contribution in [2.45, 2.75) is 12.8 Å². The largest absolute Gasteiger partial charge is 0.481 e. The van der Waals surface area contributed by atoms with Crippen LogP contribution in [0.5, 0.6) is 0 Å². The normalized spacial score (nSPS) is 22.6. The Morgan fingerprint density at radius 3 is 2.50 bits per heavy atom. The van der Waals surface area contributed by atoms with Crippen LogP contribution in [-0.4, -0.2) is 54.8 Å². The monoisotopic (exact) mass is 222 g/mol. The fourth-order valence-electron chi connectivity index (χ4n) is 1.31. The Hall–Kier alpha value is -0.660. The first kappa shape index (κ1) is 11.4. The summed E-state index contributed by atoms with van der Waals surface area (Å²) in [5.41, 5.74) is 0. The van der Waals surface area contributed by atoms with Crippen LogP contribution in [0.1, 0.15) is 12.8 Å². The van der Waals surface area contributed by atoms with Crippen LogP contribution < -0.4 is 0 Å². The molecular formula is C7H14N2O4S. The van der Waals surface area contributed by atoms with Crippen LogP contribution in [-0.2, 0) is 15.0 Å². The second-order valence-corrected chi connectivity index (χ2v) is 5.26. The van der Waals surface area contributed by atoms with Crippen molar-refractivity contribution in [3.05, 3.63) is 0 Å². The average Bonchev–Trinajstić information content (AvgIpc) is 2.30. The molecule has 1 aliphatic heterocycles. The lowest BCUT2D eigenvalue weighted by molar-refractivity contribution is -0.137. The van der Waals surface area contributed by atoms with E-state index in [0.29, 0.717) is 26.1 Å². The molecule has 1 heterocycles. The van der Waals surface area contributed by atoms with Crippen LogP contribution in [0.4, 0.5) is 0 Å². The fourth-order valence-corrected chi connectivity index (χ4v) is 2.69. The number of carbonyl (C=O) groups is 1. The molecule has 0 saturated carbocycles. The van der Waals surface area contributed by atoms with Gasteiger partial charge in [-0.3, -0.25) is 4.79 Å². The molecule has 1 saturated heterocycles. The predicted octanol–water partition coefficient (Wildman–Crippen LogP) is -0.657. The summed E-state index contributed by atoms with van der Waals surface area (Å²) >= 11 is 0. The summed E-state index contributed by atoms with van der Waals surface area (Å²) in [6.45, 7) is 1.23. The molecule has 0 atom stereocenters. The van der Waals surface area contributed by atoms with E-state index < -0.39 is 16.2 Å². The van der Waals surface area contributed by atoms with E-state index in [0.717, 1.165) is 0 Å². The SMILES string of the molecule is CN1CCN(CCCC(=O)O)S1(=O)=O. The molecule has 7 heteroatoms. The second-order valence-electron chi connectivity index (χ2n) is 3.23. The van der Waals surface area contributed by atoms with Gasteiger partial charge < -0.3 is 5.11 Å². The number of hydrogen-bond donors (Lipinski definition) is 1. The molecule has 0 bridgehead atoms. The van der Waals surface area contributed by atoms with Gasteiger partial charge in [0.15, 0.2) is 0 Å². The third-order valence-corrected chi connectivity index (χ3v) is 4.17. The highest BCUT2D eigenvalue weighted by molar-refractivity contribution is 7.87. The number of carboxylic acids is 1. The maximum absolute atomic E-state index is 11.5. The average molecular weight is 222 g/mol. The number of hydrogen-bond acceptors (Lipinski definition) is 3. The van der Waals surface area contributed by atoms with E-state index in [1.165, 1.54) is 15.7 Å². The van der Waals surface area contributed by atoms with Gasteiger partial charge in [0.05, 0.1) is 0 Å². The summed E-state index contributed by atoms with van der Waals surface area (Å²) in [5.74, 6) is -0.894. The van der Waals surface area contributed by atoms with E-state index in [4.69, 9.17) is 5.11 Å². The van der Waals surface area contributed by atoms with Crippen molar-refractivity contribution < 1.29 is 18.3 Å². The van der Waals surface area contributed by atoms with Crippen molar-refractivity contribution in [2.75, 3.05) is 26.7 Å². The number of carboxylic acid groups (broad SMARTS) is 1. The van der Waals surface area contributed by atoms with Crippen LogP contribution in [0.3, 0.4) is 0 Å². The van der Waals surface area contributed by atoms with Crippen molar-refractivity contribution in [1.82, 2.24) is 8.61 Å². The molecule has 14 heavy (non-hydrogen) atoms. The molecule has 0 aromatic carbocycles. The summed E-state index contributed by atoms with van der Waals surface area (Å²) in [7, 11) is -1.77. The molecule has 0 aliphatic carbocycles. The van der Waals surface area contributed by atoms with Crippen LogP contribution in [0.2, 0.25) is 0 Å². The number of nitrogens with zero attached hydrogens (tertiary/aromatic N) is 2. The zero-order chi connectivity index (χ0) is 10.8. The molecule has 82 valence electrons. The molecule has 0 radical (unpaired) electrons. The van der Waals surface area contributed by atoms with Crippen molar-refractivity contribution >= 4 is 16.2 Å². The lowest BCUT2D eigenvalue weighted by Crippen LogP contribution is -2.31. The summed E-state index contributed by atoms with van der Waals surface area (Å²) in [4.78, 5) is 10.2. The predicted molar refractivity (Wildman–Crippen MR) is 50.0 cm³/mol. The van der Waals surface area contributed by atoms with Crippen molar-refractivity contribution in [3.8, 4) is 0 Å². The Kier molecular flexibility index (Phi) is 3.46. The molecule has 0 amide bonds. The molecule has 6 nitrogen and oxygen atoms in total. The topological polar surface area (TPSA) is 77.9 Å². The van der Waals surface area contributed by atoms with Gasteiger partial charge in [-0.05, 0) is 6.42 Å². The first-order chi connectivity index (χ1) is 6.44. The summed E-state index contributed by atoms with van der Waals surface area (Å²) in [6, 6.07) is 0. The third-order valence-electron chi connectivity index (χ3n) is 2.18. The van der Waals surface area contributed by atoms with Crippen LogP contribution in [0.25, 0.3) is 0 Å². The standard InChI is InChI=1S/C7H14N2O4S/c1-8-5-6-9(14(8,12)13)4-2-3-7(10)11/h2-6H2,1H3,(H,10,11). The van der Waals surface area contributed by atoms with Gasteiger partial charge in [0, 0.05) is 33.1 Å². The highest BCUT2D eigenvalue weighted by atomic mass is 32.2. The maximum Gasteiger partial charge on any atom is 0.303 e. The minimum absolute atomic E-state index is 0.00966. The Balaban J connectivity index is 2.43. The minimum Gasteiger partial charge on any atom is -0.481 e. The van der Waals surface area contributed by atoms with Gasteiger partial charge in [-0.25, -0.2) is 0 Å². The lowest BCUT2D eigenvalue weighted by atomic mass is 10.3. The molecule has 1 rings (SSSR count). The summed E-state index contributed by atoms with van der Waals surface area (Å²) < 4.78 is 25.5. The Labute approximate surface area is 83.3 Å². The Bertz CT molecular complexity index is 314. The smallest absolute Gasteiger partial charge is 0.303 e. The molecule has 1 aliphatic rings. The van der Waals surface area contributed by atoms with E-state index in [9.17, 15) is 13.2 Å². The minimum atomic E-state index is -3.29. The first-order valence-electron chi connectivity index (χ1n) is 4.38. The van der Waals surface area contributed by atoms with Crippen LogP contribution in [0, 0.1) is 0 Å². The molecular weight excluding hydrogens is 208 g/mol. The zero-order valence-corrected chi connectivity index (χ0v) is 8.83. The van der Waals surface area contributed by atoms with Gasteiger partial charge in [-0.15, -0.1) is 0 Å². The number of likely N-dealkylation sites (N-methyl/N-ethyl adjacent to an activating group) is 1. The second kappa shape index (κ2) is 4.24. The number of aliphatic carboxylic acids is 1. The van der Waals surface area contributed by atoms with Gasteiger partial charge in [0.25, 0.3) is 10.2 Å². The van der Waals surface area contributed by atoms with E-state index >= 15 is 0 Å². The van der Waals surface area contributed by atoms with Gasteiger partial charge in [-0.2, -0.15) is 17.0 Å². The molecule has 0 unspecified atom stereocenters. The molecule has 0 aromatic heterocycles. The van der Waals surface area contributed by atoms with Gasteiger partial charge >= 0.3 is 5.97 Å². The molecule has 1 fully saturated rings. The van der Waals surface area contributed by atoms with E-state index in [1.54, 1.807) is 0 Å². The zero-order valence-electron chi connectivity index (χ0n) is 8.01. The quantitative estimate of drug-likeness (QED) is 0.685. The van der Waals surface area contributed by atoms with Crippen molar-refractivity contribution in [2.24, 2.45) is 0 Å². The van der Waals surface area contributed by atoms with Crippen LogP contribution in [0.15, 0.2) is 0 Å². The van der Waals surface area contributed by atoms with Crippen LogP contribution >= 0.6 is 0 Å². The first-order valence-corrected chi connectivity index (χ1v) is 5.77. The summed E-state index contributed by atoms with van der Waals surface area (Å²) in [5, 5.41) is 8.39. The molecule has 0 spiro atoms. The maximum atomic E-state index is 11.5. The Morgan fingerprint density at radius 1 is 1.43 bits per heavy atom. The van der Waals surface area contributed by atoms with E-state index in [2.05, 4.69) is 0 Å². The van der Waals surface area contributed by atoms with Gasteiger partial charge in [0.1, 0.15) is 0 Å². The van der Waals surface area contributed by atoms with Gasteiger partial charge in [0.2, 0.25) is 0 Å². The highest BCUT2D eigenvalue weighted by Gasteiger charge is 2.32. The van der Waals surface area contributed by atoms with Crippen molar-refractivity contribution in [3.63, 3.8) is 0 Å². The third kappa shape index (κ3) is 2.43. The summed E-state index contributed by atoms with van der Waals surface area (Å²) in [6.07, 6.45) is 0.373. The Morgan fingerprint density at radius 2 is 2.07 bits per heavy atom. The molecule has 0 aromatic rings.